The molecule has 0 spiro atoms. The third-order valence-corrected chi connectivity index (χ3v) is 4.38. The fraction of sp³-hybridized carbons (Fsp3) is 1.00. The van der Waals surface area contributed by atoms with Crippen LogP contribution in [0.15, 0.2) is 0 Å². The van der Waals surface area contributed by atoms with Gasteiger partial charge in [-0.2, -0.15) is 0 Å². The number of hydrogen-bond donors (Lipinski definition) is 0. The van der Waals surface area contributed by atoms with E-state index in [-0.39, 0.29) is 0 Å². The monoisotopic (exact) mass is 225 g/mol. The highest BCUT2D eigenvalue weighted by Gasteiger charge is 2.35. The van der Waals surface area contributed by atoms with Gasteiger partial charge in [-0.3, -0.25) is 0 Å². The quantitative estimate of drug-likeness (QED) is 0.732. The Labute approximate surface area is 100 Å². The summed E-state index contributed by atoms with van der Waals surface area (Å²) in [4.78, 5) is 2.63. The zero-order valence-corrected chi connectivity index (χ0v) is 11.2. The first-order valence-electron chi connectivity index (χ1n) is 6.86. The number of hydrogen-bond acceptors (Lipinski definition) is 2. The lowest BCUT2D eigenvalue weighted by Crippen LogP contribution is -2.52. The number of rotatable bonds is 3. The smallest absolute Gasteiger partial charge is 0.0468 e. The summed E-state index contributed by atoms with van der Waals surface area (Å²) >= 11 is 0. The molecule has 2 heterocycles. The van der Waals surface area contributed by atoms with Gasteiger partial charge in [-0.25, -0.2) is 0 Å². The number of nitrogens with zero attached hydrogens (tertiary/aromatic N) is 1. The van der Waals surface area contributed by atoms with Crippen molar-refractivity contribution in [2.75, 3.05) is 32.8 Å². The van der Waals surface area contributed by atoms with Crippen LogP contribution in [0.2, 0.25) is 0 Å². The molecule has 0 N–H and O–H groups in total. The van der Waals surface area contributed by atoms with Crippen LogP contribution in [0, 0.1) is 17.3 Å². The molecule has 2 nitrogen and oxygen atoms in total. The Morgan fingerprint density at radius 3 is 2.31 bits per heavy atom. The summed E-state index contributed by atoms with van der Waals surface area (Å²) in [7, 11) is 0. The van der Waals surface area contributed by atoms with E-state index in [1.165, 1.54) is 38.9 Å². The van der Waals surface area contributed by atoms with Gasteiger partial charge in [0, 0.05) is 26.3 Å². The summed E-state index contributed by atoms with van der Waals surface area (Å²) in [5.41, 5.74) is 0.509. The van der Waals surface area contributed by atoms with Crippen LogP contribution in [0.3, 0.4) is 0 Å². The molecule has 0 aromatic carbocycles. The van der Waals surface area contributed by atoms with Gasteiger partial charge in [0.05, 0.1) is 0 Å². The number of likely N-dealkylation sites (tertiary alicyclic amines) is 1. The molecule has 94 valence electrons. The van der Waals surface area contributed by atoms with Gasteiger partial charge in [0.15, 0.2) is 0 Å². The summed E-state index contributed by atoms with van der Waals surface area (Å²) in [6, 6.07) is 0. The highest BCUT2D eigenvalue weighted by Crippen LogP contribution is 2.34. The molecule has 2 aliphatic heterocycles. The SMILES string of the molecule is CC(C)(C)C1CN(CCC2CCOCC2)C1. The second-order valence-corrected chi connectivity index (χ2v) is 6.67. The third-order valence-electron chi connectivity index (χ3n) is 4.38. The minimum atomic E-state index is 0.509. The summed E-state index contributed by atoms with van der Waals surface area (Å²) in [6.07, 6.45) is 3.97. The molecule has 0 aromatic heterocycles. The standard InChI is InChI=1S/C14H27NO/c1-14(2,3)13-10-15(11-13)7-4-12-5-8-16-9-6-12/h12-13H,4-11H2,1-3H3. The molecule has 2 fully saturated rings. The molecule has 0 aliphatic carbocycles. The molecule has 0 amide bonds. The lowest BCUT2D eigenvalue weighted by atomic mass is 9.76. The first-order valence-corrected chi connectivity index (χ1v) is 6.86. The van der Waals surface area contributed by atoms with Gasteiger partial charge in [0.25, 0.3) is 0 Å². The van der Waals surface area contributed by atoms with Crippen molar-refractivity contribution in [3.63, 3.8) is 0 Å². The molecule has 2 heteroatoms. The highest BCUT2D eigenvalue weighted by molar-refractivity contribution is 4.88. The molecule has 0 bridgehead atoms. The molecule has 0 atom stereocenters. The minimum Gasteiger partial charge on any atom is -0.381 e. The maximum atomic E-state index is 5.39. The zero-order valence-electron chi connectivity index (χ0n) is 11.2. The Balaban J connectivity index is 1.59. The Morgan fingerprint density at radius 2 is 1.75 bits per heavy atom. The first-order chi connectivity index (χ1) is 7.55. The number of ether oxygens (including phenoxy) is 1. The van der Waals surface area contributed by atoms with E-state index < -0.39 is 0 Å². The van der Waals surface area contributed by atoms with E-state index in [9.17, 15) is 0 Å². The first kappa shape index (κ1) is 12.4. The van der Waals surface area contributed by atoms with E-state index in [0.717, 1.165) is 25.0 Å². The maximum absolute atomic E-state index is 5.39. The maximum Gasteiger partial charge on any atom is 0.0468 e. The van der Waals surface area contributed by atoms with E-state index >= 15 is 0 Å². The third kappa shape index (κ3) is 3.21. The van der Waals surface area contributed by atoms with Crippen molar-refractivity contribution < 1.29 is 4.74 Å². The van der Waals surface area contributed by atoms with Gasteiger partial charge in [-0.05, 0) is 43.1 Å². The molecule has 2 aliphatic rings. The van der Waals surface area contributed by atoms with Crippen molar-refractivity contribution in [1.82, 2.24) is 4.90 Å². The van der Waals surface area contributed by atoms with Crippen LogP contribution in [0.4, 0.5) is 0 Å². The fourth-order valence-corrected chi connectivity index (χ4v) is 2.70. The van der Waals surface area contributed by atoms with E-state index in [1.54, 1.807) is 0 Å². The Kier molecular flexibility index (Phi) is 3.91. The van der Waals surface area contributed by atoms with Gasteiger partial charge in [0.2, 0.25) is 0 Å². The minimum absolute atomic E-state index is 0.509. The summed E-state index contributed by atoms with van der Waals surface area (Å²) in [6.45, 7) is 13.1. The lowest BCUT2D eigenvalue weighted by Gasteiger charge is -2.46. The van der Waals surface area contributed by atoms with Crippen LogP contribution >= 0.6 is 0 Å². The van der Waals surface area contributed by atoms with Gasteiger partial charge < -0.3 is 9.64 Å². The van der Waals surface area contributed by atoms with E-state index in [4.69, 9.17) is 4.74 Å². The van der Waals surface area contributed by atoms with Gasteiger partial charge >= 0.3 is 0 Å². The predicted octanol–water partition coefficient (Wildman–Crippen LogP) is 2.78. The topological polar surface area (TPSA) is 12.5 Å². The Hall–Kier alpha value is -0.0800. The molecular weight excluding hydrogens is 198 g/mol. The van der Waals surface area contributed by atoms with Gasteiger partial charge in [-0.15, -0.1) is 0 Å². The van der Waals surface area contributed by atoms with Gasteiger partial charge in [0.1, 0.15) is 0 Å². The van der Waals surface area contributed by atoms with Gasteiger partial charge in [-0.1, -0.05) is 20.8 Å². The molecule has 0 aromatic rings. The summed E-state index contributed by atoms with van der Waals surface area (Å²) in [5, 5.41) is 0. The van der Waals surface area contributed by atoms with Crippen molar-refractivity contribution >= 4 is 0 Å². The molecular formula is C14H27NO. The summed E-state index contributed by atoms with van der Waals surface area (Å²) < 4.78 is 5.39. The van der Waals surface area contributed by atoms with Crippen LogP contribution in [-0.4, -0.2) is 37.7 Å². The van der Waals surface area contributed by atoms with E-state index in [0.29, 0.717) is 5.41 Å². The second-order valence-electron chi connectivity index (χ2n) is 6.67. The van der Waals surface area contributed by atoms with Crippen LogP contribution in [0.5, 0.6) is 0 Å². The van der Waals surface area contributed by atoms with Crippen molar-refractivity contribution in [1.29, 1.82) is 0 Å². The molecule has 2 rings (SSSR count). The second kappa shape index (κ2) is 5.05. The molecule has 16 heavy (non-hydrogen) atoms. The van der Waals surface area contributed by atoms with E-state index in [2.05, 4.69) is 25.7 Å². The molecule has 0 unspecified atom stereocenters. The molecule has 0 radical (unpaired) electrons. The Bertz CT molecular complexity index is 209. The molecule has 0 saturated carbocycles. The van der Waals surface area contributed by atoms with Crippen molar-refractivity contribution in [2.24, 2.45) is 17.3 Å². The van der Waals surface area contributed by atoms with Crippen molar-refractivity contribution in [3.05, 3.63) is 0 Å². The average Bonchev–Trinajstić information content (AvgIpc) is 2.15. The Morgan fingerprint density at radius 1 is 1.12 bits per heavy atom. The van der Waals surface area contributed by atoms with Crippen LogP contribution < -0.4 is 0 Å². The van der Waals surface area contributed by atoms with Crippen LogP contribution in [-0.2, 0) is 4.74 Å². The zero-order chi connectivity index (χ0) is 11.6. The van der Waals surface area contributed by atoms with Crippen LogP contribution in [0.25, 0.3) is 0 Å². The normalized spacial score (nSPS) is 25.7. The molecule has 2 saturated heterocycles. The van der Waals surface area contributed by atoms with Crippen molar-refractivity contribution in [2.45, 2.75) is 40.0 Å². The summed E-state index contributed by atoms with van der Waals surface area (Å²) in [5.74, 6) is 1.85. The van der Waals surface area contributed by atoms with Crippen LogP contribution in [0.1, 0.15) is 40.0 Å². The largest absolute Gasteiger partial charge is 0.381 e. The highest BCUT2D eigenvalue weighted by atomic mass is 16.5. The predicted molar refractivity (Wildman–Crippen MR) is 67.5 cm³/mol. The fourth-order valence-electron chi connectivity index (χ4n) is 2.70. The average molecular weight is 225 g/mol. The van der Waals surface area contributed by atoms with E-state index in [1.807, 2.05) is 0 Å². The lowest BCUT2D eigenvalue weighted by molar-refractivity contribution is 0.0122. The van der Waals surface area contributed by atoms with Crippen molar-refractivity contribution in [3.8, 4) is 0 Å².